The second-order valence-corrected chi connectivity index (χ2v) is 10.4. The summed E-state index contributed by atoms with van der Waals surface area (Å²) in [7, 11) is 3.09. The number of nitrogen functional groups attached to an aromatic ring is 1. The van der Waals surface area contributed by atoms with E-state index in [1.165, 1.54) is 12.5 Å². The molecule has 0 amide bonds. The van der Waals surface area contributed by atoms with E-state index in [0.29, 0.717) is 10.2 Å². The van der Waals surface area contributed by atoms with Gasteiger partial charge in [-0.3, -0.25) is 9.59 Å². The minimum atomic E-state index is -0.989. The zero-order chi connectivity index (χ0) is 26.4. The van der Waals surface area contributed by atoms with E-state index in [1.807, 2.05) is 7.05 Å². The van der Waals surface area contributed by atoms with Crippen LogP contribution in [-0.2, 0) is 4.74 Å². The maximum absolute atomic E-state index is 13.8. The van der Waals surface area contributed by atoms with Crippen molar-refractivity contribution in [3.63, 3.8) is 0 Å². The number of aromatic nitrogens is 3. The molecule has 0 saturated heterocycles. The first-order valence-corrected chi connectivity index (χ1v) is 12.9. The number of nitrogens with zero attached hydrogens (tertiary/aromatic N) is 4. The van der Waals surface area contributed by atoms with Crippen LogP contribution in [0.3, 0.4) is 0 Å². The lowest BCUT2D eigenvalue weighted by atomic mass is 9.94. The van der Waals surface area contributed by atoms with Crippen molar-refractivity contribution in [2.24, 2.45) is 0 Å². The molecule has 2 heterocycles. The second kappa shape index (κ2) is 9.71. The molecule has 5 rings (SSSR count). The van der Waals surface area contributed by atoms with E-state index >= 15 is 0 Å². The van der Waals surface area contributed by atoms with Gasteiger partial charge in [-0.15, -0.1) is 0 Å². The highest BCUT2D eigenvalue weighted by molar-refractivity contribution is 7.23. The fourth-order valence-corrected chi connectivity index (χ4v) is 5.91. The van der Waals surface area contributed by atoms with E-state index in [-0.39, 0.29) is 32.8 Å². The normalized spacial score (nSPS) is 14.3. The smallest absolute Gasteiger partial charge is 0.362 e. The average Bonchev–Trinajstić information content (AvgIpc) is 3.30. The standard InChI is InChI=1S/C25H23ClFN5O4S/c1-31(13-6-4-3-5-7-13)17-11-16-20(21-18(17)30-25(28)37-21)32(23(34)19(29-16)24(35)36-2)22(33)12-8-9-15(27)14(26)10-12/h8-11,13H,3-7H2,1-2H3,(H2,28,30). The number of rotatable bonds is 4. The lowest BCUT2D eigenvalue weighted by Crippen LogP contribution is -2.35. The number of thiazole rings is 1. The molecule has 0 spiro atoms. The molecule has 192 valence electrons. The van der Waals surface area contributed by atoms with E-state index in [0.717, 1.165) is 66.5 Å². The summed E-state index contributed by atoms with van der Waals surface area (Å²) >= 11 is 7.01. The lowest BCUT2D eigenvalue weighted by molar-refractivity contribution is 0.0592. The van der Waals surface area contributed by atoms with Gasteiger partial charge in [0.1, 0.15) is 11.3 Å². The molecule has 1 aliphatic carbocycles. The summed E-state index contributed by atoms with van der Waals surface area (Å²) in [6, 6.07) is 5.34. The van der Waals surface area contributed by atoms with Gasteiger partial charge in [0, 0.05) is 18.7 Å². The Hall–Kier alpha value is -3.57. The molecule has 0 bridgehead atoms. The number of esters is 1. The van der Waals surface area contributed by atoms with Crippen LogP contribution in [-0.4, -0.2) is 46.6 Å². The highest BCUT2D eigenvalue weighted by Gasteiger charge is 2.28. The first-order chi connectivity index (χ1) is 17.7. The molecule has 0 radical (unpaired) electrons. The van der Waals surface area contributed by atoms with Crippen LogP contribution in [0.4, 0.5) is 15.2 Å². The number of ether oxygens (including phenoxy) is 1. The minimum Gasteiger partial charge on any atom is -0.464 e. The number of fused-ring (bicyclic) bond motifs is 3. The zero-order valence-corrected chi connectivity index (χ0v) is 21.7. The topological polar surface area (TPSA) is 120 Å². The third-order valence-electron chi connectivity index (χ3n) is 6.73. The van der Waals surface area contributed by atoms with Gasteiger partial charge in [-0.2, -0.15) is 0 Å². The SMILES string of the molecule is COC(=O)c1nc2cc(N(C)C3CCCCC3)c3nc(N)sc3c2n(C(=O)c2ccc(F)c(Cl)c2)c1=O. The predicted molar refractivity (Wildman–Crippen MR) is 141 cm³/mol. The number of hydrogen-bond acceptors (Lipinski definition) is 9. The van der Waals surface area contributed by atoms with E-state index < -0.39 is 28.9 Å². The number of methoxy groups -OCH3 is 1. The third-order valence-corrected chi connectivity index (χ3v) is 7.91. The van der Waals surface area contributed by atoms with Gasteiger partial charge in [0.2, 0.25) is 5.69 Å². The maximum atomic E-state index is 13.8. The Kier molecular flexibility index (Phi) is 6.59. The monoisotopic (exact) mass is 543 g/mol. The average molecular weight is 544 g/mol. The summed E-state index contributed by atoms with van der Waals surface area (Å²) in [5.41, 5.74) is 6.13. The van der Waals surface area contributed by atoms with Gasteiger partial charge in [-0.25, -0.2) is 23.7 Å². The molecule has 37 heavy (non-hydrogen) atoms. The second-order valence-electron chi connectivity index (χ2n) is 8.92. The number of carbonyl (C=O) groups excluding carboxylic acids is 2. The van der Waals surface area contributed by atoms with Crippen LogP contribution >= 0.6 is 22.9 Å². The van der Waals surface area contributed by atoms with Gasteiger partial charge in [-0.05, 0) is 37.1 Å². The molecule has 2 N–H and O–H groups in total. The van der Waals surface area contributed by atoms with Crippen molar-refractivity contribution in [1.82, 2.24) is 14.5 Å². The highest BCUT2D eigenvalue weighted by Crippen LogP contribution is 2.39. The highest BCUT2D eigenvalue weighted by atomic mass is 35.5. The summed E-state index contributed by atoms with van der Waals surface area (Å²) in [6.45, 7) is 0. The summed E-state index contributed by atoms with van der Waals surface area (Å²) < 4.78 is 19.9. The number of halogens is 2. The van der Waals surface area contributed by atoms with Crippen LogP contribution < -0.4 is 16.2 Å². The Labute approximate surface area is 219 Å². The number of nitrogens with two attached hydrogens (primary N) is 1. The third kappa shape index (κ3) is 4.31. The number of hydrogen-bond donors (Lipinski definition) is 1. The molecule has 4 aromatic rings. The zero-order valence-electron chi connectivity index (χ0n) is 20.1. The molecule has 2 aromatic heterocycles. The number of carbonyl (C=O) groups is 2. The fraction of sp³-hybridized carbons (Fsp3) is 0.320. The van der Waals surface area contributed by atoms with E-state index in [4.69, 9.17) is 22.1 Å². The largest absolute Gasteiger partial charge is 0.464 e. The van der Waals surface area contributed by atoms with E-state index in [1.54, 1.807) is 6.07 Å². The first kappa shape index (κ1) is 25.1. The molecule has 1 aliphatic rings. The number of anilines is 2. The van der Waals surface area contributed by atoms with Crippen LogP contribution in [0.15, 0.2) is 29.1 Å². The Bertz CT molecular complexity index is 1630. The molecule has 1 saturated carbocycles. The molecule has 9 nitrogen and oxygen atoms in total. The fourth-order valence-electron chi connectivity index (χ4n) is 4.85. The van der Waals surface area contributed by atoms with E-state index in [2.05, 4.69) is 14.9 Å². The summed E-state index contributed by atoms with van der Waals surface area (Å²) in [6.07, 6.45) is 5.44. The molecule has 1 fully saturated rings. The molecule has 0 unspecified atom stereocenters. The molecule has 0 aliphatic heterocycles. The van der Waals surface area contributed by atoms with Crippen molar-refractivity contribution in [2.75, 3.05) is 24.8 Å². The van der Waals surface area contributed by atoms with Gasteiger partial charge < -0.3 is 15.4 Å². The summed E-state index contributed by atoms with van der Waals surface area (Å²) in [5.74, 6) is -2.52. The first-order valence-electron chi connectivity index (χ1n) is 11.7. The Balaban J connectivity index is 1.84. The van der Waals surface area contributed by atoms with Gasteiger partial charge in [0.05, 0.1) is 33.6 Å². The van der Waals surface area contributed by atoms with Crippen LogP contribution in [0, 0.1) is 5.82 Å². The number of benzene rings is 2. The lowest BCUT2D eigenvalue weighted by Gasteiger charge is -2.33. The van der Waals surface area contributed by atoms with Crippen molar-refractivity contribution in [2.45, 2.75) is 38.1 Å². The maximum Gasteiger partial charge on any atom is 0.362 e. The Morgan fingerprint density at radius 1 is 1.22 bits per heavy atom. The summed E-state index contributed by atoms with van der Waals surface area (Å²) in [4.78, 5) is 50.6. The molecule has 12 heteroatoms. The Morgan fingerprint density at radius 3 is 2.62 bits per heavy atom. The van der Waals surface area contributed by atoms with Crippen molar-refractivity contribution in [3.8, 4) is 0 Å². The molecule has 2 aromatic carbocycles. The van der Waals surface area contributed by atoms with Crippen LogP contribution in [0.2, 0.25) is 5.02 Å². The van der Waals surface area contributed by atoms with Gasteiger partial charge in [-0.1, -0.05) is 42.2 Å². The van der Waals surface area contributed by atoms with Gasteiger partial charge >= 0.3 is 5.97 Å². The van der Waals surface area contributed by atoms with Gasteiger partial charge in [0.25, 0.3) is 11.5 Å². The minimum absolute atomic E-state index is 0.0501. The molecular weight excluding hydrogens is 521 g/mol. The predicted octanol–water partition coefficient (Wildman–Crippen LogP) is 4.62. The van der Waals surface area contributed by atoms with E-state index in [9.17, 15) is 18.8 Å². The molecular formula is C25H23ClFN5O4S. The van der Waals surface area contributed by atoms with Crippen LogP contribution in [0.1, 0.15) is 53.0 Å². The Morgan fingerprint density at radius 2 is 1.95 bits per heavy atom. The molecule has 0 atom stereocenters. The quantitative estimate of drug-likeness (QED) is 0.370. The van der Waals surface area contributed by atoms with Crippen LogP contribution in [0.5, 0.6) is 0 Å². The van der Waals surface area contributed by atoms with Crippen LogP contribution in [0.25, 0.3) is 21.3 Å². The van der Waals surface area contributed by atoms with Crippen molar-refractivity contribution in [1.29, 1.82) is 0 Å². The summed E-state index contributed by atoms with van der Waals surface area (Å²) in [5, 5.41) is -0.0388. The van der Waals surface area contributed by atoms with Gasteiger partial charge in [0.15, 0.2) is 5.13 Å². The van der Waals surface area contributed by atoms with Crippen molar-refractivity contribution < 1.29 is 18.7 Å². The van der Waals surface area contributed by atoms with Crippen molar-refractivity contribution >= 4 is 66.9 Å². The van der Waals surface area contributed by atoms with Crippen molar-refractivity contribution in [3.05, 3.63) is 56.7 Å².